The van der Waals surface area contributed by atoms with Crippen molar-refractivity contribution >= 4 is 16.0 Å². The Hall–Kier alpha value is -1.38. The fourth-order valence-corrected chi connectivity index (χ4v) is 3.34. The molecule has 20 heavy (non-hydrogen) atoms. The van der Waals surface area contributed by atoms with Gasteiger partial charge in [-0.2, -0.15) is 0 Å². The van der Waals surface area contributed by atoms with E-state index >= 15 is 0 Å². The quantitative estimate of drug-likeness (QED) is 0.564. The van der Waals surface area contributed by atoms with Crippen LogP contribution in [0.25, 0.3) is 0 Å². The molecule has 0 fully saturated rings. The Balaban J connectivity index is 3.08. The van der Waals surface area contributed by atoms with Crippen LogP contribution in [0.2, 0.25) is 0 Å². The van der Waals surface area contributed by atoms with Gasteiger partial charge in [0, 0.05) is 6.54 Å². The molecule has 0 aliphatic heterocycles. The highest BCUT2D eigenvalue weighted by atomic mass is 32.2. The van der Waals surface area contributed by atoms with Gasteiger partial charge in [0.1, 0.15) is 22.0 Å². The summed E-state index contributed by atoms with van der Waals surface area (Å²) in [5.74, 6) is -0.330. The van der Waals surface area contributed by atoms with Crippen LogP contribution < -0.4 is 10.0 Å². The lowest BCUT2D eigenvalue weighted by Crippen LogP contribution is -2.28. The van der Waals surface area contributed by atoms with Gasteiger partial charge in [-0.1, -0.05) is 0 Å². The van der Waals surface area contributed by atoms with E-state index in [1.165, 1.54) is 21.0 Å². The minimum absolute atomic E-state index is 0.0499. The first-order chi connectivity index (χ1) is 9.35. The first-order valence-electron chi connectivity index (χ1n) is 6.17. The minimum atomic E-state index is -3.81. The number of hydrogen-bond donors (Lipinski definition) is 2. The van der Waals surface area contributed by atoms with E-state index in [1.807, 2.05) is 0 Å². The monoisotopic (exact) mass is 304 g/mol. The lowest BCUT2D eigenvalue weighted by molar-refractivity contribution is 0.0595. The Morgan fingerprint density at radius 1 is 1.25 bits per heavy atom. The standard InChI is InChI=1S/C12H20N2O5S/c1-8-10(12(15)18-4)11(9(2)19-8)20(16,17)14-7-5-6-13-3/h13-14H,5-7H2,1-4H3. The summed E-state index contributed by atoms with van der Waals surface area (Å²) in [7, 11) is -0.828. The number of carbonyl (C=O) groups excluding carboxylic acids is 1. The van der Waals surface area contributed by atoms with Crippen LogP contribution in [0.15, 0.2) is 9.31 Å². The molecule has 1 aromatic rings. The highest BCUT2D eigenvalue weighted by molar-refractivity contribution is 7.89. The number of hydrogen-bond acceptors (Lipinski definition) is 6. The lowest BCUT2D eigenvalue weighted by atomic mass is 10.2. The van der Waals surface area contributed by atoms with Gasteiger partial charge in [0.15, 0.2) is 0 Å². The van der Waals surface area contributed by atoms with E-state index in [4.69, 9.17) is 4.42 Å². The molecule has 1 aromatic heterocycles. The van der Waals surface area contributed by atoms with Crippen molar-refractivity contribution in [2.75, 3.05) is 27.2 Å². The number of nitrogens with one attached hydrogen (secondary N) is 2. The van der Waals surface area contributed by atoms with Crippen LogP contribution in [0, 0.1) is 13.8 Å². The molecule has 8 heteroatoms. The maximum atomic E-state index is 12.3. The summed E-state index contributed by atoms with van der Waals surface area (Å²) in [6.07, 6.45) is 0.638. The molecule has 2 N–H and O–H groups in total. The molecule has 0 aliphatic rings. The molecule has 7 nitrogen and oxygen atoms in total. The Kier molecular flexibility index (Phi) is 5.73. The number of ether oxygens (including phenoxy) is 1. The predicted molar refractivity (Wildman–Crippen MR) is 73.3 cm³/mol. The van der Waals surface area contributed by atoms with E-state index in [9.17, 15) is 13.2 Å². The molecule has 0 atom stereocenters. The van der Waals surface area contributed by atoms with Crippen LogP contribution in [0.1, 0.15) is 28.3 Å². The van der Waals surface area contributed by atoms with Gasteiger partial charge in [0.2, 0.25) is 10.0 Å². The van der Waals surface area contributed by atoms with Crippen LogP contribution in [-0.4, -0.2) is 41.6 Å². The number of furan rings is 1. The van der Waals surface area contributed by atoms with E-state index in [0.29, 0.717) is 13.0 Å². The molecule has 1 rings (SSSR count). The van der Waals surface area contributed by atoms with E-state index in [-0.39, 0.29) is 28.5 Å². The minimum Gasteiger partial charge on any atom is -0.465 e. The first-order valence-corrected chi connectivity index (χ1v) is 7.66. The van der Waals surface area contributed by atoms with Crippen LogP contribution in [0.5, 0.6) is 0 Å². The van der Waals surface area contributed by atoms with Gasteiger partial charge in [0.05, 0.1) is 7.11 Å². The van der Waals surface area contributed by atoms with Crippen LogP contribution in [0.4, 0.5) is 0 Å². The van der Waals surface area contributed by atoms with Gasteiger partial charge in [0.25, 0.3) is 0 Å². The summed E-state index contributed by atoms with van der Waals surface area (Å²) in [6, 6.07) is 0. The van der Waals surface area contributed by atoms with Gasteiger partial charge in [-0.25, -0.2) is 17.9 Å². The molecule has 114 valence electrons. The van der Waals surface area contributed by atoms with Gasteiger partial charge < -0.3 is 14.5 Å². The number of carbonyl (C=O) groups is 1. The number of methoxy groups -OCH3 is 1. The molecule has 0 amide bonds. The molecule has 0 saturated heterocycles. The van der Waals surface area contributed by atoms with Crippen LogP contribution >= 0.6 is 0 Å². The van der Waals surface area contributed by atoms with Crippen molar-refractivity contribution in [3.8, 4) is 0 Å². The Bertz CT molecular complexity index is 577. The summed E-state index contributed by atoms with van der Waals surface area (Å²) in [5, 5.41) is 2.92. The third kappa shape index (κ3) is 3.59. The maximum absolute atomic E-state index is 12.3. The predicted octanol–water partition coefficient (Wildman–Crippen LogP) is 0.571. The van der Waals surface area contributed by atoms with E-state index < -0.39 is 16.0 Å². The van der Waals surface area contributed by atoms with Crippen molar-refractivity contribution in [2.45, 2.75) is 25.2 Å². The molecule has 0 aliphatic carbocycles. The van der Waals surface area contributed by atoms with Crippen molar-refractivity contribution in [3.05, 3.63) is 17.1 Å². The molecule has 0 spiro atoms. The van der Waals surface area contributed by atoms with Crippen molar-refractivity contribution in [3.63, 3.8) is 0 Å². The van der Waals surface area contributed by atoms with Gasteiger partial charge in [-0.15, -0.1) is 0 Å². The second kappa shape index (κ2) is 6.87. The average molecular weight is 304 g/mol. The summed E-state index contributed by atoms with van der Waals surface area (Å²) in [4.78, 5) is 11.6. The maximum Gasteiger partial charge on any atom is 0.342 e. The van der Waals surface area contributed by atoms with Crippen molar-refractivity contribution in [1.29, 1.82) is 0 Å². The van der Waals surface area contributed by atoms with Gasteiger partial charge in [-0.05, 0) is 33.9 Å². The highest BCUT2D eigenvalue weighted by Crippen LogP contribution is 2.27. The molecule has 0 bridgehead atoms. The SMILES string of the molecule is CNCCCNS(=O)(=O)c1c(C)oc(C)c1C(=O)OC. The molecule has 0 aromatic carbocycles. The van der Waals surface area contributed by atoms with Gasteiger partial charge >= 0.3 is 5.97 Å². The Morgan fingerprint density at radius 2 is 1.90 bits per heavy atom. The normalized spacial score (nSPS) is 11.6. The Morgan fingerprint density at radius 3 is 2.45 bits per heavy atom. The van der Waals surface area contributed by atoms with Crippen molar-refractivity contribution in [2.24, 2.45) is 0 Å². The van der Waals surface area contributed by atoms with Crippen molar-refractivity contribution in [1.82, 2.24) is 10.0 Å². The fourth-order valence-electron chi connectivity index (χ4n) is 1.87. The van der Waals surface area contributed by atoms with Crippen LogP contribution in [-0.2, 0) is 14.8 Å². The molecule has 0 unspecified atom stereocenters. The molecular weight excluding hydrogens is 284 g/mol. The smallest absolute Gasteiger partial charge is 0.342 e. The Labute approximate surface area is 118 Å². The number of rotatable bonds is 7. The second-order valence-corrected chi connectivity index (χ2v) is 5.97. The molecular formula is C12H20N2O5S. The van der Waals surface area contributed by atoms with Gasteiger partial charge in [-0.3, -0.25) is 0 Å². The van der Waals surface area contributed by atoms with E-state index in [2.05, 4.69) is 14.8 Å². The third-order valence-corrected chi connectivity index (χ3v) is 4.37. The van der Waals surface area contributed by atoms with E-state index in [0.717, 1.165) is 0 Å². The number of sulfonamides is 1. The number of esters is 1. The summed E-state index contributed by atoms with van der Waals surface area (Å²) in [5.41, 5.74) is -0.0499. The molecule has 1 heterocycles. The zero-order chi connectivity index (χ0) is 15.3. The lowest BCUT2D eigenvalue weighted by Gasteiger charge is -2.07. The molecule has 0 saturated carbocycles. The summed E-state index contributed by atoms with van der Waals surface area (Å²) >= 11 is 0. The zero-order valence-electron chi connectivity index (χ0n) is 12.1. The summed E-state index contributed by atoms with van der Waals surface area (Å²) < 4.78 is 36.8. The first kappa shape index (κ1) is 16.7. The topological polar surface area (TPSA) is 97.6 Å². The summed E-state index contributed by atoms with van der Waals surface area (Å²) in [6.45, 7) is 3.99. The molecule has 0 radical (unpaired) electrons. The van der Waals surface area contributed by atoms with Crippen LogP contribution in [0.3, 0.4) is 0 Å². The zero-order valence-corrected chi connectivity index (χ0v) is 12.9. The van der Waals surface area contributed by atoms with Crippen molar-refractivity contribution < 1.29 is 22.4 Å². The average Bonchev–Trinajstić information content (AvgIpc) is 2.69. The number of aryl methyl sites for hydroxylation is 2. The highest BCUT2D eigenvalue weighted by Gasteiger charge is 2.31. The third-order valence-electron chi connectivity index (χ3n) is 2.76. The van der Waals surface area contributed by atoms with E-state index in [1.54, 1.807) is 7.05 Å². The fraction of sp³-hybridized carbons (Fsp3) is 0.583. The largest absolute Gasteiger partial charge is 0.465 e. The second-order valence-electron chi connectivity index (χ2n) is 4.27.